The summed E-state index contributed by atoms with van der Waals surface area (Å²) in [6.45, 7) is 16.5. The summed E-state index contributed by atoms with van der Waals surface area (Å²) < 4.78 is 0. The molecule has 0 aliphatic carbocycles. The summed E-state index contributed by atoms with van der Waals surface area (Å²) in [7, 11) is 0. The Morgan fingerprint density at radius 3 is 1.17 bits per heavy atom. The van der Waals surface area contributed by atoms with Gasteiger partial charge in [0.25, 0.3) is 0 Å². The van der Waals surface area contributed by atoms with Crippen molar-refractivity contribution in [2.75, 3.05) is 0 Å². The minimum absolute atomic E-state index is 0.0926. The van der Waals surface area contributed by atoms with Gasteiger partial charge in [-0.15, -0.1) is 0 Å². The molecule has 0 atom stereocenters. The second-order valence-corrected chi connectivity index (χ2v) is 5.80. The third-order valence-electron chi connectivity index (χ3n) is 1.72. The van der Waals surface area contributed by atoms with E-state index in [-0.39, 0.29) is 18.1 Å². The molecule has 0 radical (unpaired) electrons. The fourth-order valence-corrected chi connectivity index (χ4v) is 1.01. The second-order valence-electron chi connectivity index (χ2n) is 5.80. The predicted octanol–water partition coefficient (Wildman–Crippen LogP) is 3.96. The smallest absolute Gasteiger partial charge is 0.315 e. The van der Waals surface area contributed by atoms with Gasteiger partial charge in [-0.3, -0.25) is 0 Å². The quantitative estimate of drug-likeness (QED) is 0.735. The number of carbonyl (C=O) groups is 1. The standard InChI is InChI=1S/C8H16.C7H16N2O/c1-7(2)5-6-8(3)4;1-5(2)8-7(10)9-6(3)4/h5-8H,1-4H3;5-6H,1-4H3,(H2,8,9,10)/b6-5+;. The van der Waals surface area contributed by atoms with Gasteiger partial charge in [0.15, 0.2) is 0 Å². The van der Waals surface area contributed by atoms with Crippen LogP contribution in [0.5, 0.6) is 0 Å². The lowest BCUT2D eigenvalue weighted by Gasteiger charge is -2.11. The van der Waals surface area contributed by atoms with E-state index < -0.39 is 0 Å². The van der Waals surface area contributed by atoms with Crippen LogP contribution in [0.25, 0.3) is 0 Å². The SMILES string of the molecule is CC(C)/C=C/C(C)C.CC(C)NC(=O)NC(C)C. The van der Waals surface area contributed by atoms with Crippen LogP contribution in [0.4, 0.5) is 4.79 Å². The van der Waals surface area contributed by atoms with Crippen molar-refractivity contribution in [1.82, 2.24) is 10.6 Å². The molecule has 0 aromatic carbocycles. The highest BCUT2D eigenvalue weighted by molar-refractivity contribution is 5.74. The van der Waals surface area contributed by atoms with Crippen molar-refractivity contribution < 1.29 is 4.79 Å². The van der Waals surface area contributed by atoms with Crippen molar-refractivity contribution in [1.29, 1.82) is 0 Å². The van der Waals surface area contributed by atoms with Gasteiger partial charge in [0.05, 0.1) is 0 Å². The third-order valence-corrected chi connectivity index (χ3v) is 1.72. The molecule has 0 aliphatic heterocycles. The second kappa shape index (κ2) is 11.1. The number of urea groups is 1. The Morgan fingerprint density at radius 2 is 1.00 bits per heavy atom. The van der Waals surface area contributed by atoms with Crippen LogP contribution in [0.1, 0.15) is 55.4 Å². The van der Waals surface area contributed by atoms with Gasteiger partial charge in [0.2, 0.25) is 0 Å². The molecule has 0 bridgehead atoms. The predicted molar refractivity (Wildman–Crippen MR) is 80.8 cm³/mol. The van der Waals surface area contributed by atoms with E-state index in [1.165, 1.54) is 0 Å². The molecular formula is C15H32N2O. The molecule has 2 amide bonds. The summed E-state index contributed by atoms with van der Waals surface area (Å²) in [5.41, 5.74) is 0. The van der Waals surface area contributed by atoms with Gasteiger partial charge in [-0.2, -0.15) is 0 Å². The van der Waals surface area contributed by atoms with Crippen LogP contribution in [-0.4, -0.2) is 18.1 Å². The maximum Gasteiger partial charge on any atom is 0.315 e. The molecule has 18 heavy (non-hydrogen) atoms. The van der Waals surface area contributed by atoms with E-state index in [0.717, 1.165) is 0 Å². The zero-order chi connectivity index (χ0) is 14.7. The lowest BCUT2D eigenvalue weighted by Crippen LogP contribution is -2.42. The fourth-order valence-electron chi connectivity index (χ4n) is 1.01. The Bertz CT molecular complexity index is 209. The van der Waals surface area contributed by atoms with E-state index in [9.17, 15) is 4.79 Å². The van der Waals surface area contributed by atoms with Crippen LogP contribution in [0.3, 0.4) is 0 Å². The fraction of sp³-hybridized carbons (Fsp3) is 0.800. The lowest BCUT2D eigenvalue weighted by atomic mass is 10.1. The topological polar surface area (TPSA) is 41.1 Å². The van der Waals surface area contributed by atoms with E-state index in [1.807, 2.05) is 27.7 Å². The lowest BCUT2D eigenvalue weighted by molar-refractivity contribution is 0.236. The number of hydrogen-bond acceptors (Lipinski definition) is 1. The number of amides is 2. The first-order valence-corrected chi connectivity index (χ1v) is 6.90. The zero-order valence-corrected chi connectivity index (χ0v) is 13.4. The highest BCUT2D eigenvalue weighted by atomic mass is 16.2. The monoisotopic (exact) mass is 256 g/mol. The van der Waals surface area contributed by atoms with E-state index in [1.54, 1.807) is 0 Å². The maximum atomic E-state index is 10.8. The van der Waals surface area contributed by atoms with Gasteiger partial charge >= 0.3 is 6.03 Å². The molecule has 108 valence electrons. The number of carbonyl (C=O) groups excluding carboxylic acids is 1. The molecule has 0 heterocycles. The first-order valence-electron chi connectivity index (χ1n) is 6.90. The van der Waals surface area contributed by atoms with Gasteiger partial charge in [-0.05, 0) is 39.5 Å². The molecule has 0 saturated heterocycles. The molecule has 0 saturated carbocycles. The Hall–Kier alpha value is -0.990. The van der Waals surface area contributed by atoms with Crippen molar-refractivity contribution in [3.63, 3.8) is 0 Å². The summed E-state index contributed by atoms with van der Waals surface area (Å²) in [6, 6.07) is 0.322. The zero-order valence-electron chi connectivity index (χ0n) is 13.4. The highest BCUT2D eigenvalue weighted by Crippen LogP contribution is 1.99. The molecule has 0 unspecified atom stereocenters. The minimum Gasteiger partial charge on any atom is -0.336 e. The van der Waals surface area contributed by atoms with Gasteiger partial charge in [-0.1, -0.05) is 39.8 Å². The van der Waals surface area contributed by atoms with Crippen molar-refractivity contribution in [3.05, 3.63) is 12.2 Å². The molecule has 0 rings (SSSR count). The summed E-state index contributed by atoms with van der Waals surface area (Å²) >= 11 is 0. The minimum atomic E-state index is -0.0926. The maximum absolute atomic E-state index is 10.8. The molecule has 3 nitrogen and oxygen atoms in total. The Kier molecular flexibility index (Phi) is 12.0. The molecule has 0 aromatic rings. The summed E-state index contributed by atoms with van der Waals surface area (Å²) in [5.74, 6) is 1.41. The summed E-state index contributed by atoms with van der Waals surface area (Å²) in [5, 5.41) is 5.45. The van der Waals surface area contributed by atoms with E-state index >= 15 is 0 Å². The van der Waals surface area contributed by atoms with Crippen LogP contribution in [-0.2, 0) is 0 Å². The van der Waals surface area contributed by atoms with E-state index in [0.29, 0.717) is 11.8 Å². The Labute approximate surface area is 113 Å². The van der Waals surface area contributed by atoms with Crippen LogP contribution in [0, 0.1) is 11.8 Å². The first kappa shape index (κ1) is 19.4. The van der Waals surface area contributed by atoms with Gasteiger partial charge < -0.3 is 10.6 Å². The van der Waals surface area contributed by atoms with Gasteiger partial charge in [0, 0.05) is 12.1 Å². The van der Waals surface area contributed by atoms with E-state index in [2.05, 4.69) is 50.5 Å². The number of hydrogen-bond donors (Lipinski definition) is 2. The molecule has 2 N–H and O–H groups in total. The van der Waals surface area contributed by atoms with Crippen LogP contribution in [0.15, 0.2) is 12.2 Å². The van der Waals surface area contributed by atoms with Crippen LogP contribution >= 0.6 is 0 Å². The number of nitrogens with one attached hydrogen (secondary N) is 2. The molecule has 0 aromatic heterocycles. The number of rotatable bonds is 4. The largest absolute Gasteiger partial charge is 0.336 e. The molecule has 0 aliphatic rings. The highest BCUT2D eigenvalue weighted by Gasteiger charge is 2.02. The van der Waals surface area contributed by atoms with Crippen LogP contribution < -0.4 is 10.6 Å². The van der Waals surface area contributed by atoms with E-state index in [4.69, 9.17) is 0 Å². The third kappa shape index (κ3) is 20.4. The van der Waals surface area contributed by atoms with Crippen molar-refractivity contribution >= 4 is 6.03 Å². The Balaban J connectivity index is 0. The van der Waals surface area contributed by atoms with Gasteiger partial charge in [-0.25, -0.2) is 4.79 Å². The molecule has 0 spiro atoms. The first-order chi connectivity index (χ1) is 8.15. The number of allylic oxidation sites excluding steroid dienone is 2. The molecule has 0 fully saturated rings. The van der Waals surface area contributed by atoms with Crippen molar-refractivity contribution in [2.45, 2.75) is 67.5 Å². The summed E-state index contributed by atoms with van der Waals surface area (Å²) in [4.78, 5) is 10.8. The van der Waals surface area contributed by atoms with Crippen molar-refractivity contribution in [2.24, 2.45) is 11.8 Å². The van der Waals surface area contributed by atoms with Crippen LogP contribution in [0.2, 0.25) is 0 Å². The average Bonchev–Trinajstić information content (AvgIpc) is 2.12. The molecule has 3 heteroatoms. The van der Waals surface area contributed by atoms with Gasteiger partial charge in [0.1, 0.15) is 0 Å². The average molecular weight is 256 g/mol. The Morgan fingerprint density at radius 1 is 0.722 bits per heavy atom. The van der Waals surface area contributed by atoms with Crippen molar-refractivity contribution in [3.8, 4) is 0 Å². The normalized spacial score (nSPS) is 11.1. The summed E-state index contributed by atoms with van der Waals surface area (Å²) in [6.07, 6.45) is 4.48. The molecular weight excluding hydrogens is 224 g/mol.